The maximum absolute atomic E-state index is 9.61. The first-order valence-electron chi connectivity index (χ1n) is 6.80. The van der Waals surface area contributed by atoms with E-state index in [0.717, 1.165) is 6.42 Å². The highest BCUT2D eigenvalue weighted by Crippen LogP contribution is 2.26. The van der Waals surface area contributed by atoms with E-state index in [4.69, 9.17) is 4.52 Å². The van der Waals surface area contributed by atoms with Crippen LogP contribution in [0.5, 0.6) is 0 Å². The molecule has 0 radical (unpaired) electrons. The average molecular weight is 238 g/mol. The highest BCUT2D eigenvalue weighted by Gasteiger charge is 2.18. The summed E-state index contributed by atoms with van der Waals surface area (Å²) in [6, 6.07) is 0. The summed E-state index contributed by atoms with van der Waals surface area (Å²) in [7, 11) is 0. The van der Waals surface area contributed by atoms with Crippen LogP contribution < -0.4 is 0 Å². The number of aliphatic hydroxyl groups excluding tert-OH is 1. The number of rotatable bonds is 4. The summed E-state index contributed by atoms with van der Waals surface area (Å²) in [6.07, 6.45) is 8.84. The molecule has 4 heteroatoms. The van der Waals surface area contributed by atoms with Crippen LogP contribution in [0, 0.1) is 5.92 Å². The fourth-order valence-electron chi connectivity index (χ4n) is 2.48. The molecule has 4 nitrogen and oxygen atoms in total. The van der Waals surface area contributed by atoms with Crippen molar-refractivity contribution in [2.75, 3.05) is 0 Å². The van der Waals surface area contributed by atoms with Crippen LogP contribution in [0.3, 0.4) is 0 Å². The molecule has 1 aliphatic rings. The van der Waals surface area contributed by atoms with Crippen molar-refractivity contribution in [1.29, 1.82) is 0 Å². The fraction of sp³-hybridized carbons (Fsp3) is 0.846. The minimum absolute atomic E-state index is 0.441. The summed E-state index contributed by atoms with van der Waals surface area (Å²) in [6.45, 7) is 1.91. The Kier molecular flexibility index (Phi) is 4.54. The molecule has 1 atom stereocenters. The maximum atomic E-state index is 9.61. The van der Waals surface area contributed by atoms with Gasteiger partial charge in [-0.3, -0.25) is 0 Å². The highest BCUT2D eigenvalue weighted by molar-refractivity contribution is 4.91. The molecular weight excluding hydrogens is 216 g/mol. The first-order chi connectivity index (χ1) is 8.29. The molecule has 0 aromatic carbocycles. The van der Waals surface area contributed by atoms with Crippen molar-refractivity contribution >= 4 is 0 Å². The molecule has 1 N–H and O–H groups in total. The number of hydrogen-bond donors (Lipinski definition) is 1. The Bertz CT molecular complexity index is 330. The minimum atomic E-state index is -0.582. The van der Waals surface area contributed by atoms with E-state index in [1.807, 2.05) is 6.92 Å². The van der Waals surface area contributed by atoms with Gasteiger partial charge in [-0.05, 0) is 25.2 Å². The van der Waals surface area contributed by atoms with Crippen LogP contribution >= 0.6 is 0 Å². The Morgan fingerprint density at radius 2 is 2.00 bits per heavy atom. The number of hydrogen-bond acceptors (Lipinski definition) is 4. The zero-order valence-corrected chi connectivity index (χ0v) is 10.6. The smallest absolute Gasteiger partial charge is 0.227 e. The third-order valence-electron chi connectivity index (χ3n) is 3.61. The van der Waals surface area contributed by atoms with Gasteiger partial charge < -0.3 is 9.63 Å². The Morgan fingerprint density at radius 1 is 1.29 bits per heavy atom. The third-order valence-corrected chi connectivity index (χ3v) is 3.61. The molecule has 1 aromatic heterocycles. The Labute approximate surface area is 102 Å². The zero-order valence-electron chi connectivity index (χ0n) is 10.6. The quantitative estimate of drug-likeness (QED) is 0.819. The lowest BCUT2D eigenvalue weighted by molar-refractivity contribution is 0.159. The van der Waals surface area contributed by atoms with E-state index in [0.29, 0.717) is 24.1 Å². The second-order valence-corrected chi connectivity index (χ2v) is 5.03. The van der Waals surface area contributed by atoms with Gasteiger partial charge >= 0.3 is 0 Å². The van der Waals surface area contributed by atoms with Gasteiger partial charge in [0.05, 0.1) is 0 Å². The van der Waals surface area contributed by atoms with Gasteiger partial charge in [-0.1, -0.05) is 37.8 Å². The molecule has 0 spiro atoms. The van der Waals surface area contributed by atoms with Gasteiger partial charge in [-0.25, -0.2) is 0 Å². The monoisotopic (exact) mass is 238 g/mol. The molecule has 0 amide bonds. The van der Waals surface area contributed by atoms with Crippen LogP contribution in [0.25, 0.3) is 0 Å². The van der Waals surface area contributed by atoms with E-state index in [2.05, 4.69) is 10.1 Å². The lowest BCUT2D eigenvalue weighted by Gasteiger charge is -2.09. The van der Waals surface area contributed by atoms with E-state index in [9.17, 15) is 5.11 Å². The summed E-state index contributed by atoms with van der Waals surface area (Å²) in [5.41, 5.74) is 0. The van der Waals surface area contributed by atoms with E-state index in [1.54, 1.807) is 0 Å². The SMILES string of the molecule is CCC(O)c1noc(CC2CCCCCC2)n1. The zero-order chi connectivity index (χ0) is 12.1. The van der Waals surface area contributed by atoms with Gasteiger partial charge in [0.1, 0.15) is 6.10 Å². The first kappa shape index (κ1) is 12.6. The largest absolute Gasteiger partial charge is 0.385 e. The first-order valence-corrected chi connectivity index (χ1v) is 6.80. The standard InChI is InChI=1S/C13H22N2O2/c1-2-11(16)13-14-12(17-15-13)9-10-7-5-3-4-6-8-10/h10-11,16H,2-9H2,1H3. The van der Waals surface area contributed by atoms with Gasteiger partial charge in [0, 0.05) is 6.42 Å². The van der Waals surface area contributed by atoms with Crippen LogP contribution in [-0.4, -0.2) is 15.2 Å². The van der Waals surface area contributed by atoms with E-state index < -0.39 is 6.10 Å². The molecule has 0 aliphatic heterocycles. The highest BCUT2D eigenvalue weighted by atomic mass is 16.5. The minimum Gasteiger partial charge on any atom is -0.385 e. The summed E-state index contributed by atoms with van der Waals surface area (Å²) >= 11 is 0. The Balaban J connectivity index is 1.91. The molecule has 1 aliphatic carbocycles. The molecule has 1 heterocycles. The van der Waals surface area contributed by atoms with Crippen molar-refractivity contribution in [2.45, 2.75) is 64.4 Å². The summed E-state index contributed by atoms with van der Waals surface area (Å²) in [4.78, 5) is 4.28. The van der Waals surface area contributed by atoms with Crippen molar-refractivity contribution in [3.8, 4) is 0 Å². The second-order valence-electron chi connectivity index (χ2n) is 5.03. The van der Waals surface area contributed by atoms with E-state index in [-0.39, 0.29) is 0 Å². The molecule has 1 fully saturated rings. The number of nitrogens with zero attached hydrogens (tertiary/aromatic N) is 2. The van der Waals surface area contributed by atoms with E-state index in [1.165, 1.54) is 38.5 Å². The topological polar surface area (TPSA) is 59.2 Å². The van der Waals surface area contributed by atoms with Crippen LogP contribution in [0.2, 0.25) is 0 Å². The summed E-state index contributed by atoms with van der Waals surface area (Å²) < 4.78 is 5.21. The number of aromatic nitrogens is 2. The van der Waals surface area contributed by atoms with Gasteiger partial charge in [0.25, 0.3) is 0 Å². The number of aliphatic hydroxyl groups is 1. The fourth-order valence-corrected chi connectivity index (χ4v) is 2.48. The molecular formula is C13H22N2O2. The predicted octanol–water partition coefficient (Wildman–Crippen LogP) is 3.03. The van der Waals surface area contributed by atoms with Crippen LogP contribution in [0.15, 0.2) is 4.52 Å². The molecule has 1 unspecified atom stereocenters. The normalized spacial score (nSPS) is 20.1. The van der Waals surface area contributed by atoms with Gasteiger partial charge in [-0.2, -0.15) is 4.98 Å². The van der Waals surface area contributed by atoms with Crippen molar-refractivity contribution in [3.05, 3.63) is 11.7 Å². The van der Waals surface area contributed by atoms with Gasteiger partial charge in [-0.15, -0.1) is 0 Å². The lowest BCUT2D eigenvalue weighted by atomic mass is 9.97. The van der Waals surface area contributed by atoms with Gasteiger partial charge in [0.2, 0.25) is 5.89 Å². The molecule has 2 rings (SSSR count). The van der Waals surface area contributed by atoms with Crippen molar-refractivity contribution < 1.29 is 9.63 Å². The van der Waals surface area contributed by atoms with E-state index >= 15 is 0 Å². The Morgan fingerprint density at radius 3 is 2.65 bits per heavy atom. The van der Waals surface area contributed by atoms with Crippen molar-refractivity contribution in [3.63, 3.8) is 0 Å². The maximum Gasteiger partial charge on any atom is 0.227 e. The molecule has 17 heavy (non-hydrogen) atoms. The predicted molar refractivity (Wildman–Crippen MR) is 64.4 cm³/mol. The Hall–Kier alpha value is -0.900. The van der Waals surface area contributed by atoms with Crippen LogP contribution in [-0.2, 0) is 6.42 Å². The average Bonchev–Trinajstić information content (AvgIpc) is 2.65. The molecule has 0 saturated heterocycles. The van der Waals surface area contributed by atoms with Crippen molar-refractivity contribution in [1.82, 2.24) is 10.1 Å². The third kappa shape index (κ3) is 3.53. The van der Waals surface area contributed by atoms with Crippen LogP contribution in [0.4, 0.5) is 0 Å². The second kappa shape index (κ2) is 6.15. The lowest BCUT2D eigenvalue weighted by Crippen LogP contribution is -2.04. The summed E-state index contributed by atoms with van der Waals surface area (Å²) in [5.74, 6) is 1.82. The molecule has 0 bridgehead atoms. The molecule has 1 aromatic rings. The molecule has 1 saturated carbocycles. The summed E-state index contributed by atoms with van der Waals surface area (Å²) in [5, 5.41) is 13.4. The van der Waals surface area contributed by atoms with Crippen molar-refractivity contribution in [2.24, 2.45) is 5.92 Å². The van der Waals surface area contributed by atoms with Crippen LogP contribution in [0.1, 0.15) is 69.7 Å². The molecule has 96 valence electrons. The van der Waals surface area contributed by atoms with Gasteiger partial charge in [0.15, 0.2) is 5.82 Å².